The molecular formula is C14H19NO4. The summed E-state index contributed by atoms with van der Waals surface area (Å²) >= 11 is 0. The van der Waals surface area contributed by atoms with E-state index in [9.17, 15) is 14.7 Å². The van der Waals surface area contributed by atoms with Crippen molar-refractivity contribution in [2.45, 2.75) is 26.2 Å². The average molecular weight is 265 g/mol. The van der Waals surface area contributed by atoms with Gasteiger partial charge >= 0.3 is 5.97 Å². The molecule has 5 heteroatoms. The molecule has 0 aliphatic carbocycles. The number of benzene rings is 1. The molecule has 19 heavy (non-hydrogen) atoms. The van der Waals surface area contributed by atoms with Crippen molar-refractivity contribution >= 4 is 11.9 Å². The maximum Gasteiger partial charge on any atom is 0.308 e. The first-order valence-electron chi connectivity index (χ1n) is 6.30. The summed E-state index contributed by atoms with van der Waals surface area (Å²) in [4.78, 5) is 22.6. The average Bonchev–Trinajstić information content (AvgIpc) is 2.34. The zero-order valence-electron chi connectivity index (χ0n) is 10.9. The lowest BCUT2D eigenvalue weighted by Crippen LogP contribution is -2.33. The fourth-order valence-electron chi connectivity index (χ4n) is 1.81. The fraction of sp³-hybridized carbons (Fsp3) is 0.429. The number of carboxylic acid groups (broad SMARTS) is 1. The van der Waals surface area contributed by atoms with Crippen molar-refractivity contribution in [3.05, 3.63) is 29.8 Å². The van der Waals surface area contributed by atoms with Gasteiger partial charge in [-0.05, 0) is 24.1 Å². The van der Waals surface area contributed by atoms with Crippen molar-refractivity contribution < 1.29 is 19.8 Å². The number of hydrogen-bond acceptors (Lipinski definition) is 3. The van der Waals surface area contributed by atoms with Gasteiger partial charge in [-0.25, -0.2) is 0 Å². The molecule has 3 N–H and O–H groups in total. The predicted octanol–water partition coefficient (Wildman–Crippen LogP) is 1.55. The number of aliphatic carboxylic acids is 1. The van der Waals surface area contributed by atoms with Crippen molar-refractivity contribution in [3.63, 3.8) is 0 Å². The molecule has 1 aromatic rings. The quantitative estimate of drug-likeness (QED) is 0.698. The van der Waals surface area contributed by atoms with Crippen molar-refractivity contribution in [1.82, 2.24) is 5.32 Å². The van der Waals surface area contributed by atoms with Gasteiger partial charge in [0.1, 0.15) is 5.75 Å². The zero-order valence-corrected chi connectivity index (χ0v) is 10.9. The van der Waals surface area contributed by atoms with Crippen LogP contribution in [0, 0.1) is 5.92 Å². The molecule has 0 saturated carbocycles. The second-order valence-corrected chi connectivity index (χ2v) is 4.47. The Balaban J connectivity index is 2.45. The first kappa shape index (κ1) is 15.0. The highest BCUT2D eigenvalue weighted by atomic mass is 16.4. The molecule has 1 aromatic carbocycles. The first-order valence-corrected chi connectivity index (χ1v) is 6.30. The molecule has 0 bridgehead atoms. The number of nitrogens with one attached hydrogen (secondary N) is 1. The normalized spacial score (nSPS) is 11.8. The molecule has 0 heterocycles. The van der Waals surface area contributed by atoms with Crippen LogP contribution in [0.2, 0.25) is 0 Å². The van der Waals surface area contributed by atoms with Crippen LogP contribution in [-0.2, 0) is 16.0 Å². The third-order valence-electron chi connectivity index (χ3n) is 2.81. The molecule has 1 rings (SSSR count). The first-order chi connectivity index (χ1) is 9.02. The predicted molar refractivity (Wildman–Crippen MR) is 70.9 cm³/mol. The molecule has 1 atom stereocenters. The number of carbonyl (C=O) groups is 2. The molecule has 0 aliphatic rings. The molecule has 0 radical (unpaired) electrons. The number of carbonyl (C=O) groups excluding carboxylic acids is 1. The van der Waals surface area contributed by atoms with Crippen molar-refractivity contribution in [2.24, 2.45) is 5.92 Å². The lowest BCUT2D eigenvalue weighted by molar-refractivity contribution is -0.141. The van der Waals surface area contributed by atoms with E-state index in [0.29, 0.717) is 12.0 Å². The second kappa shape index (κ2) is 7.41. The standard InChI is InChI=1S/C14H19NO4/c1-2-4-11(14(18)19)9-15-13(17)8-10-5-3-6-12(16)7-10/h3,5-7,11,16H,2,4,8-9H2,1H3,(H,15,17)(H,18,19). The number of rotatable bonds is 7. The van der Waals surface area contributed by atoms with Crippen molar-refractivity contribution in [1.29, 1.82) is 0 Å². The Morgan fingerprint density at radius 2 is 2.11 bits per heavy atom. The fourth-order valence-corrected chi connectivity index (χ4v) is 1.81. The molecule has 104 valence electrons. The third kappa shape index (κ3) is 5.42. The molecule has 0 saturated heterocycles. The van der Waals surface area contributed by atoms with Crippen molar-refractivity contribution in [3.8, 4) is 5.75 Å². The third-order valence-corrected chi connectivity index (χ3v) is 2.81. The number of amides is 1. The van der Waals surface area contributed by atoms with Gasteiger partial charge in [0, 0.05) is 6.54 Å². The monoisotopic (exact) mass is 265 g/mol. The molecule has 1 unspecified atom stereocenters. The largest absolute Gasteiger partial charge is 0.508 e. The van der Waals surface area contributed by atoms with E-state index in [1.165, 1.54) is 12.1 Å². The van der Waals surface area contributed by atoms with Crippen LogP contribution in [0.1, 0.15) is 25.3 Å². The van der Waals surface area contributed by atoms with Gasteiger partial charge in [0.15, 0.2) is 0 Å². The SMILES string of the molecule is CCCC(CNC(=O)Cc1cccc(O)c1)C(=O)O. The Kier molecular flexibility index (Phi) is 5.85. The topological polar surface area (TPSA) is 86.6 Å². The minimum absolute atomic E-state index is 0.111. The second-order valence-electron chi connectivity index (χ2n) is 4.47. The van der Waals surface area contributed by atoms with Crippen LogP contribution in [0.15, 0.2) is 24.3 Å². The number of carboxylic acids is 1. The maximum absolute atomic E-state index is 11.7. The lowest BCUT2D eigenvalue weighted by atomic mass is 10.0. The van der Waals surface area contributed by atoms with Gasteiger partial charge in [0.05, 0.1) is 12.3 Å². The number of hydrogen-bond donors (Lipinski definition) is 3. The molecule has 1 amide bonds. The minimum atomic E-state index is -0.889. The maximum atomic E-state index is 11.7. The Morgan fingerprint density at radius 3 is 2.68 bits per heavy atom. The summed E-state index contributed by atoms with van der Waals surface area (Å²) in [6, 6.07) is 6.44. The number of phenolic OH excluding ortho intramolecular Hbond substituents is 1. The molecular weight excluding hydrogens is 246 g/mol. The minimum Gasteiger partial charge on any atom is -0.508 e. The van der Waals surface area contributed by atoms with Crippen LogP contribution in [0.25, 0.3) is 0 Å². The van der Waals surface area contributed by atoms with Gasteiger partial charge in [0.2, 0.25) is 5.91 Å². The van der Waals surface area contributed by atoms with E-state index in [2.05, 4.69) is 5.32 Å². The Labute approximate surface area is 112 Å². The van der Waals surface area contributed by atoms with Gasteiger partial charge in [-0.2, -0.15) is 0 Å². The highest BCUT2D eigenvalue weighted by Gasteiger charge is 2.17. The van der Waals surface area contributed by atoms with Crippen LogP contribution in [-0.4, -0.2) is 28.6 Å². The van der Waals surface area contributed by atoms with Gasteiger partial charge in [0.25, 0.3) is 0 Å². The van der Waals surface area contributed by atoms with E-state index >= 15 is 0 Å². The van der Waals surface area contributed by atoms with Crippen molar-refractivity contribution in [2.75, 3.05) is 6.54 Å². The van der Waals surface area contributed by atoms with E-state index in [4.69, 9.17) is 5.11 Å². The Hall–Kier alpha value is -2.04. The summed E-state index contributed by atoms with van der Waals surface area (Å²) in [7, 11) is 0. The molecule has 0 spiro atoms. The van der Waals surface area contributed by atoms with E-state index < -0.39 is 11.9 Å². The van der Waals surface area contributed by atoms with Gasteiger partial charge in [-0.15, -0.1) is 0 Å². The molecule has 5 nitrogen and oxygen atoms in total. The zero-order chi connectivity index (χ0) is 14.3. The Morgan fingerprint density at radius 1 is 1.37 bits per heavy atom. The number of aromatic hydroxyl groups is 1. The molecule has 0 fully saturated rings. The smallest absolute Gasteiger partial charge is 0.308 e. The summed E-state index contributed by atoms with van der Waals surface area (Å²) in [5, 5.41) is 20.9. The van der Waals surface area contributed by atoms with Crippen LogP contribution in [0.5, 0.6) is 5.75 Å². The van der Waals surface area contributed by atoms with Crippen LogP contribution in [0.4, 0.5) is 0 Å². The summed E-state index contributed by atoms with van der Waals surface area (Å²) in [6.07, 6.45) is 1.44. The lowest BCUT2D eigenvalue weighted by Gasteiger charge is -2.12. The van der Waals surface area contributed by atoms with E-state index in [1.807, 2.05) is 6.92 Å². The van der Waals surface area contributed by atoms with E-state index in [-0.39, 0.29) is 24.6 Å². The molecule has 0 aliphatic heterocycles. The van der Waals surface area contributed by atoms with Gasteiger partial charge < -0.3 is 15.5 Å². The summed E-state index contributed by atoms with van der Waals surface area (Å²) < 4.78 is 0. The van der Waals surface area contributed by atoms with Gasteiger partial charge in [-0.3, -0.25) is 9.59 Å². The number of phenols is 1. The molecule has 0 aromatic heterocycles. The highest BCUT2D eigenvalue weighted by Crippen LogP contribution is 2.11. The van der Waals surface area contributed by atoms with Crippen LogP contribution < -0.4 is 5.32 Å². The van der Waals surface area contributed by atoms with Crippen LogP contribution >= 0.6 is 0 Å². The Bertz CT molecular complexity index is 445. The summed E-state index contributed by atoms with van der Waals surface area (Å²) in [6.45, 7) is 2.05. The summed E-state index contributed by atoms with van der Waals surface area (Å²) in [5.41, 5.74) is 0.694. The van der Waals surface area contributed by atoms with E-state index in [0.717, 1.165) is 6.42 Å². The summed E-state index contributed by atoms with van der Waals surface area (Å²) in [5.74, 6) is -1.56. The van der Waals surface area contributed by atoms with Crippen LogP contribution in [0.3, 0.4) is 0 Å². The van der Waals surface area contributed by atoms with Gasteiger partial charge in [-0.1, -0.05) is 25.5 Å². The highest BCUT2D eigenvalue weighted by molar-refractivity contribution is 5.79. The van der Waals surface area contributed by atoms with E-state index in [1.54, 1.807) is 12.1 Å².